The molecule has 1 aromatic heterocycles. The van der Waals surface area contributed by atoms with Gasteiger partial charge in [-0.05, 0) is 37.0 Å². The van der Waals surface area contributed by atoms with Crippen molar-refractivity contribution in [2.24, 2.45) is 21.6 Å². The molecule has 6 atom stereocenters. The van der Waals surface area contributed by atoms with E-state index in [-0.39, 0.29) is 42.2 Å². The molecule has 1 aromatic carbocycles. The number of guanidine groups is 1. The van der Waals surface area contributed by atoms with Crippen LogP contribution in [0.1, 0.15) is 64.9 Å². The Hall–Kier alpha value is -3.60. The number of aromatic nitrogens is 1. The molecule has 0 unspecified atom stereocenters. The number of halogens is 2. The first-order valence-corrected chi connectivity index (χ1v) is 13.5. The third kappa shape index (κ3) is 3.65. The van der Waals surface area contributed by atoms with Crippen LogP contribution in [0.15, 0.2) is 40.4 Å². The van der Waals surface area contributed by atoms with Crippen molar-refractivity contribution in [1.29, 1.82) is 0 Å². The highest BCUT2D eigenvalue weighted by Gasteiger charge is 2.50. The zero-order valence-electron chi connectivity index (χ0n) is 21.4. The summed E-state index contributed by atoms with van der Waals surface area (Å²) in [6.07, 6.45) is 1.89. The first-order chi connectivity index (χ1) is 18.8. The van der Waals surface area contributed by atoms with Crippen molar-refractivity contribution in [3.63, 3.8) is 0 Å². The summed E-state index contributed by atoms with van der Waals surface area (Å²) in [5, 5.41) is 0. The molecule has 1 aliphatic carbocycles. The number of fused-ring (bicyclic) bond motifs is 6. The van der Waals surface area contributed by atoms with E-state index in [0.29, 0.717) is 36.3 Å². The Labute approximate surface area is 223 Å². The van der Waals surface area contributed by atoms with E-state index in [9.17, 15) is 13.6 Å². The molecule has 8 rings (SSSR count). The van der Waals surface area contributed by atoms with Crippen LogP contribution in [0.5, 0.6) is 5.75 Å². The van der Waals surface area contributed by atoms with Crippen LogP contribution in [0.4, 0.5) is 14.5 Å². The predicted octanol–water partition coefficient (Wildman–Crippen LogP) is 3.34. The number of carbonyl (C=O) groups is 1. The number of amides is 1. The monoisotopic (exact) mass is 534 g/mol. The van der Waals surface area contributed by atoms with E-state index < -0.39 is 18.5 Å². The zero-order chi connectivity index (χ0) is 26.6. The predicted molar refractivity (Wildman–Crippen MR) is 138 cm³/mol. The number of carbonyl (C=O) groups excluding carboxylic acids is 1. The third-order valence-electron chi connectivity index (χ3n) is 8.95. The molecular weight excluding hydrogens is 506 g/mol. The van der Waals surface area contributed by atoms with E-state index in [1.165, 1.54) is 22.4 Å². The fourth-order valence-corrected chi connectivity index (χ4v) is 6.83. The van der Waals surface area contributed by atoms with Gasteiger partial charge in [0.2, 0.25) is 0 Å². The average molecular weight is 535 g/mol. The second-order valence-electron chi connectivity index (χ2n) is 11.5. The van der Waals surface area contributed by atoms with Gasteiger partial charge >= 0.3 is 0 Å². The number of benzene rings is 1. The number of alkyl halides is 2. The Bertz CT molecular complexity index is 1480. The molecule has 0 radical (unpaired) electrons. The van der Waals surface area contributed by atoms with Crippen molar-refractivity contribution in [3.8, 4) is 5.75 Å². The van der Waals surface area contributed by atoms with Gasteiger partial charge in [-0.2, -0.15) is 0 Å². The molecule has 6 heterocycles. The molecule has 2 saturated heterocycles. The minimum atomic E-state index is -2.89. The number of nitrogens with zero attached hydrogens (tertiary/aromatic N) is 5. The van der Waals surface area contributed by atoms with E-state index in [2.05, 4.69) is 33.2 Å². The van der Waals surface area contributed by atoms with Crippen molar-refractivity contribution in [2.45, 2.75) is 55.8 Å². The second kappa shape index (κ2) is 7.97. The Morgan fingerprint density at radius 2 is 2.03 bits per heavy atom. The minimum Gasteiger partial charge on any atom is -0.490 e. The van der Waals surface area contributed by atoms with Crippen LogP contribution in [-0.2, 0) is 4.74 Å². The normalized spacial score (nSPS) is 33.1. The van der Waals surface area contributed by atoms with Crippen LogP contribution in [-0.4, -0.2) is 76.7 Å². The molecule has 0 bridgehead atoms. The van der Waals surface area contributed by atoms with Gasteiger partial charge in [-0.25, -0.2) is 18.8 Å². The van der Waals surface area contributed by atoms with E-state index in [1.807, 2.05) is 11.8 Å². The number of hydrogen-bond acceptors (Lipinski definition) is 8. The molecule has 9 nitrogen and oxygen atoms in total. The quantitative estimate of drug-likeness (QED) is 0.648. The summed E-state index contributed by atoms with van der Waals surface area (Å²) in [4.78, 5) is 30.4. The molecule has 1 saturated carbocycles. The average Bonchev–Trinajstić information content (AvgIpc) is 3.83. The number of rotatable bonds is 3. The SMILES string of the molecule is C[C@@H]1CO[C@@H]2COc3cc([C@@H]4C[C@H]4C4=NC4)ccc3[C@@H]2N1C(=O)c1cc2c(cn1)N=C(N)N1CC(F)(F)C[C@H]21. The fourth-order valence-electron chi connectivity index (χ4n) is 6.83. The van der Waals surface area contributed by atoms with E-state index in [0.717, 1.165) is 24.3 Å². The van der Waals surface area contributed by atoms with Gasteiger partial charge in [0.15, 0.2) is 5.96 Å². The lowest BCUT2D eigenvalue weighted by molar-refractivity contribution is -0.108. The molecule has 5 aliphatic heterocycles. The molecule has 0 spiro atoms. The Balaban J connectivity index is 1.13. The van der Waals surface area contributed by atoms with Crippen molar-refractivity contribution in [1.82, 2.24) is 14.8 Å². The maximum Gasteiger partial charge on any atom is 0.273 e. The zero-order valence-corrected chi connectivity index (χ0v) is 21.4. The Morgan fingerprint density at radius 1 is 1.18 bits per heavy atom. The number of aliphatic imine (C=N–C) groups is 2. The lowest BCUT2D eigenvalue weighted by atomic mass is 9.91. The summed E-state index contributed by atoms with van der Waals surface area (Å²) in [6, 6.07) is 6.70. The number of nitrogens with two attached hydrogens (primary N) is 1. The van der Waals surface area contributed by atoms with Crippen LogP contribution in [0.25, 0.3) is 0 Å². The highest BCUT2D eigenvalue weighted by molar-refractivity contribution is 6.01. The van der Waals surface area contributed by atoms with Gasteiger partial charge in [-0.1, -0.05) is 12.1 Å². The maximum absolute atomic E-state index is 14.3. The van der Waals surface area contributed by atoms with Gasteiger partial charge in [0.05, 0.1) is 49.7 Å². The molecule has 11 heteroatoms. The summed E-state index contributed by atoms with van der Waals surface area (Å²) in [7, 11) is 0. The number of hydrogen-bond donors (Lipinski definition) is 1. The first-order valence-electron chi connectivity index (χ1n) is 13.5. The van der Waals surface area contributed by atoms with E-state index >= 15 is 0 Å². The maximum atomic E-state index is 14.3. The van der Waals surface area contributed by atoms with E-state index in [1.54, 1.807) is 6.07 Å². The summed E-state index contributed by atoms with van der Waals surface area (Å²) < 4.78 is 40.9. The number of ether oxygens (including phenoxy) is 2. The van der Waals surface area contributed by atoms with Crippen molar-refractivity contribution in [2.75, 3.05) is 26.3 Å². The minimum absolute atomic E-state index is 0.0519. The summed E-state index contributed by atoms with van der Waals surface area (Å²) in [5.41, 5.74) is 10.6. The van der Waals surface area contributed by atoms with Gasteiger partial charge in [-0.3, -0.25) is 9.79 Å². The highest BCUT2D eigenvalue weighted by atomic mass is 19.3. The lowest BCUT2D eigenvalue weighted by Crippen LogP contribution is -2.56. The number of pyridine rings is 1. The Kier molecular flexibility index (Phi) is 4.76. The molecule has 2 aromatic rings. The van der Waals surface area contributed by atoms with Crippen LogP contribution in [0.3, 0.4) is 0 Å². The van der Waals surface area contributed by atoms with Gasteiger partial charge < -0.3 is 25.0 Å². The first kappa shape index (κ1) is 23.3. The van der Waals surface area contributed by atoms with Crippen molar-refractivity contribution < 1.29 is 23.0 Å². The smallest absolute Gasteiger partial charge is 0.273 e. The second-order valence-corrected chi connectivity index (χ2v) is 11.5. The summed E-state index contributed by atoms with van der Waals surface area (Å²) in [5.74, 6) is -1.29. The summed E-state index contributed by atoms with van der Waals surface area (Å²) >= 11 is 0. The van der Waals surface area contributed by atoms with Crippen LogP contribution in [0.2, 0.25) is 0 Å². The van der Waals surface area contributed by atoms with E-state index in [4.69, 9.17) is 15.2 Å². The fraction of sp³-hybridized carbons (Fsp3) is 0.500. The third-order valence-corrected chi connectivity index (χ3v) is 8.95. The van der Waals surface area contributed by atoms with Gasteiger partial charge in [0.1, 0.15) is 24.2 Å². The molecule has 39 heavy (non-hydrogen) atoms. The van der Waals surface area contributed by atoms with Crippen LogP contribution >= 0.6 is 0 Å². The van der Waals surface area contributed by atoms with Crippen LogP contribution < -0.4 is 10.5 Å². The summed E-state index contributed by atoms with van der Waals surface area (Å²) in [6.45, 7) is 3.07. The molecule has 2 N–H and O–H groups in total. The number of morpholine rings is 1. The molecule has 6 aliphatic rings. The van der Waals surface area contributed by atoms with Crippen LogP contribution in [0, 0.1) is 5.92 Å². The highest BCUT2D eigenvalue weighted by Crippen LogP contribution is 2.52. The lowest BCUT2D eigenvalue weighted by Gasteiger charge is -2.47. The Morgan fingerprint density at radius 3 is 2.85 bits per heavy atom. The van der Waals surface area contributed by atoms with Crippen molar-refractivity contribution >= 4 is 23.3 Å². The van der Waals surface area contributed by atoms with Crippen molar-refractivity contribution in [3.05, 3.63) is 52.8 Å². The van der Waals surface area contributed by atoms with Gasteiger partial charge in [0.25, 0.3) is 11.8 Å². The largest absolute Gasteiger partial charge is 0.490 e. The molecule has 1 amide bonds. The standard InChI is InChI=1S/C28H28F2N6O3/c1-13-10-38-24-11-39-23-4-14(16-5-17(16)20-8-33-20)2-3-15(23)25(24)36(13)26(37)19-6-18-21(9-32-19)34-27(31)35-12-28(29,30)7-22(18)35/h2-4,6,9,13,16-17,22,24-25H,5,7-8,10-12H2,1H3,(H2,31,34)/t13-,16+,17-,22-,24-,25+/m1/s1. The van der Waals surface area contributed by atoms with Gasteiger partial charge in [-0.15, -0.1) is 0 Å². The molecular formula is C28H28F2N6O3. The molecule has 3 fully saturated rings. The topological polar surface area (TPSA) is 106 Å². The van der Waals surface area contributed by atoms with Gasteiger partial charge in [0, 0.05) is 29.2 Å². The molecule has 202 valence electrons.